The molecule has 1 N–H and O–H groups in total. The summed E-state index contributed by atoms with van der Waals surface area (Å²) in [6.45, 7) is 9.43. The highest BCUT2D eigenvalue weighted by atomic mass is 19.1. The van der Waals surface area contributed by atoms with Crippen molar-refractivity contribution in [2.45, 2.75) is 59.0 Å². The molecule has 3 aliphatic rings. The van der Waals surface area contributed by atoms with E-state index in [0.29, 0.717) is 52.4 Å². The van der Waals surface area contributed by atoms with Crippen LogP contribution in [-0.2, 0) is 13.0 Å². The van der Waals surface area contributed by atoms with Crippen molar-refractivity contribution in [2.75, 3.05) is 46.7 Å². The number of aromatic nitrogens is 2. The number of fused-ring (bicyclic) bond motifs is 3. The average molecular weight is 591 g/mol. The fourth-order valence-corrected chi connectivity index (χ4v) is 7.03. The van der Waals surface area contributed by atoms with Crippen LogP contribution in [0.25, 0.3) is 10.9 Å². The van der Waals surface area contributed by atoms with Crippen molar-refractivity contribution in [3.05, 3.63) is 64.5 Å². The van der Waals surface area contributed by atoms with Gasteiger partial charge < -0.3 is 19.9 Å². The van der Waals surface area contributed by atoms with Gasteiger partial charge in [0, 0.05) is 31.9 Å². The highest BCUT2D eigenvalue weighted by molar-refractivity contribution is 5.95. The monoisotopic (exact) mass is 590 g/mol. The topological polar surface area (TPSA) is 75.0 Å². The molecule has 6 rings (SSSR count). The maximum atomic E-state index is 14.4. The van der Waals surface area contributed by atoms with Crippen molar-refractivity contribution in [1.82, 2.24) is 19.4 Å². The molecule has 1 heterocycles. The van der Waals surface area contributed by atoms with E-state index in [0.717, 1.165) is 43.5 Å². The molecule has 3 aromatic rings. The minimum atomic E-state index is -0.343. The lowest BCUT2D eigenvalue weighted by atomic mass is 9.45. The van der Waals surface area contributed by atoms with Crippen LogP contribution in [0.5, 0.6) is 5.75 Å². The number of halogens is 1. The zero-order chi connectivity index (χ0) is 30.9. The molecule has 2 aromatic carbocycles. The molecule has 232 valence electrons. The van der Waals surface area contributed by atoms with Crippen molar-refractivity contribution in [2.24, 2.45) is 28.2 Å². The number of anilines is 1. The van der Waals surface area contributed by atoms with E-state index in [2.05, 4.69) is 62.0 Å². The third kappa shape index (κ3) is 6.56. The molecule has 4 atom stereocenters. The summed E-state index contributed by atoms with van der Waals surface area (Å²) in [6, 6.07) is 10.7. The van der Waals surface area contributed by atoms with Gasteiger partial charge in [0.15, 0.2) is 5.96 Å². The van der Waals surface area contributed by atoms with Gasteiger partial charge in [-0.3, -0.25) is 9.36 Å². The Morgan fingerprint density at radius 3 is 2.63 bits per heavy atom. The Labute approximate surface area is 255 Å². The van der Waals surface area contributed by atoms with Crippen LogP contribution in [0.3, 0.4) is 0 Å². The highest BCUT2D eigenvalue weighted by Gasteiger charge is 2.56. The molecule has 3 saturated carbocycles. The minimum Gasteiger partial charge on any atom is -0.497 e. The number of aliphatic imine (C=N–C) groups is 1. The summed E-state index contributed by atoms with van der Waals surface area (Å²) in [5.74, 6) is 2.98. The van der Waals surface area contributed by atoms with E-state index in [-0.39, 0.29) is 17.4 Å². The van der Waals surface area contributed by atoms with Crippen molar-refractivity contribution in [1.29, 1.82) is 0 Å². The Hall–Kier alpha value is -3.46. The van der Waals surface area contributed by atoms with E-state index < -0.39 is 0 Å². The first-order chi connectivity index (χ1) is 20.5. The first kappa shape index (κ1) is 31.0. The molecular weight excluding hydrogens is 543 g/mol. The van der Waals surface area contributed by atoms with Gasteiger partial charge in [0.25, 0.3) is 5.56 Å². The third-order valence-electron chi connectivity index (χ3n) is 10.0. The summed E-state index contributed by atoms with van der Waals surface area (Å²) in [7, 11) is 7.80. The van der Waals surface area contributed by atoms with Crippen LogP contribution < -0.4 is 15.6 Å². The van der Waals surface area contributed by atoms with Gasteiger partial charge in [0.05, 0.1) is 30.4 Å². The number of methoxy groups -OCH3 is 1. The Kier molecular flexibility index (Phi) is 9.11. The average Bonchev–Trinajstić information content (AvgIpc) is 2.97. The van der Waals surface area contributed by atoms with Crippen LogP contribution >= 0.6 is 0 Å². The van der Waals surface area contributed by atoms with Gasteiger partial charge in [-0.25, -0.2) is 14.4 Å². The highest BCUT2D eigenvalue weighted by Crippen LogP contribution is 2.61. The largest absolute Gasteiger partial charge is 0.497 e. The van der Waals surface area contributed by atoms with Gasteiger partial charge in [-0.05, 0) is 99.3 Å². The summed E-state index contributed by atoms with van der Waals surface area (Å²) in [4.78, 5) is 27.6. The molecule has 8 nitrogen and oxygen atoms in total. The van der Waals surface area contributed by atoms with Gasteiger partial charge in [0.1, 0.15) is 11.6 Å². The number of benzene rings is 2. The Bertz CT molecular complexity index is 1530. The molecule has 0 radical (unpaired) electrons. The molecule has 9 heteroatoms. The Morgan fingerprint density at radius 2 is 1.95 bits per heavy atom. The van der Waals surface area contributed by atoms with Gasteiger partial charge in [0.2, 0.25) is 0 Å². The second kappa shape index (κ2) is 12.6. The minimum absolute atomic E-state index is 0.141. The number of nitrogens with zero attached hydrogens (tertiary/aromatic N) is 5. The summed E-state index contributed by atoms with van der Waals surface area (Å²) >= 11 is 0. The van der Waals surface area contributed by atoms with E-state index in [4.69, 9.17) is 9.73 Å². The first-order valence-electron chi connectivity index (χ1n) is 15.5. The van der Waals surface area contributed by atoms with Crippen LogP contribution in [0.1, 0.15) is 45.6 Å². The second-order valence-electron chi connectivity index (χ2n) is 13.4. The lowest BCUT2D eigenvalue weighted by molar-refractivity contribution is -0.108. The number of hydrogen-bond acceptors (Lipinski definition) is 5. The fraction of sp³-hybridized carbons (Fsp3) is 0.559. The molecule has 3 aliphatic carbocycles. The van der Waals surface area contributed by atoms with Gasteiger partial charge in [-0.2, -0.15) is 0 Å². The van der Waals surface area contributed by atoms with E-state index in [9.17, 15) is 9.18 Å². The van der Waals surface area contributed by atoms with Crippen LogP contribution in [0.2, 0.25) is 0 Å². The van der Waals surface area contributed by atoms with Crippen LogP contribution in [0.15, 0.2) is 52.5 Å². The smallest absolute Gasteiger partial charge is 0.261 e. The molecule has 3 fully saturated rings. The number of ether oxygens (including phenoxy) is 1. The number of rotatable bonds is 10. The summed E-state index contributed by atoms with van der Waals surface area (Å²) in [5, 5.41) is 4.12. The first-order valence-corrected chi connectivity index (χ1v) is 15.5. The van der Waals surface area contributed by atoms with E-state index in [1.807, 2.05) is 18.2 Å². The zero-order valence-corrected chi connectivity index (χ0v) is 26.7. The predicted molar refractivity (Wildman–Crippen MR) is 172 cm³/mol. The Morgan fingerprint density at radius 1 is 1.16 bits per heavy atom. The lowest BCUT2D eigenvalue weighted by Gasteiger charge is -2.61. The predicted octanol–water partition coefficient (Wildman–Crippen LogP) is 5.51. The molecular formula is C34H47FN6O2. The lowest BCUT2D eigenvalue weighted by Crippen LogP contribution is -2.56. The van der Waals surface area contributed by atoms with Crippen molar-refractivity contribution < 1.29 is 9.13 Å². The van der Waals surface area contributed by atoms with E-state index >= 15 is 0 Å². The number of nitrogens with one attached hydrogen (secondary N) is 1. The normalized spacial score (nSPS) is 22.9. The molecule has 1 unspecified atom stereocenters. The number of hydrogen-bond donors (Lipinski definition) is 1. The summed E-state index contributed by atoms with van der Waals surface area (Å²) in [5.41, 5.74) is 2.27. The quantitative estimate of drug-likeness (QED) is 0.248. The van der Waals surface area contributed by atoms with Gasteiger partial charge in [-0.15, -0.1) is 0 Å². The Balaban J connectivity index is 1.34. The van der Waals surface area contributed by atoms with E-state index in [1.165, 1.54) is 19.6 Å². The van der Waals surface area contributed by atoms with Crippen LogP contribution in [0.4, 0.5) is 10.1 Å². The molecule has 0 aliphatic heterocycles. The van der Waals surface area contributed by atoms with Crippen LogP contribution in [-0.4, -0.2) is 72.7 Å². The van der Waals surface area contributed by atoms with Crippen molar-refractivity contribution in [3.8, 4) is 5.75 Å². The molecule has 43 heavy (non-hydrogen) atoms. The maximum Gasteiger partial charge on any atom is 0.261 e. The zero-order valence-electron chi connectivity index (χ0n) is 26.7. The fourth-order valence-electron chi connectivity index (χ4n) is 7.03. The maximum absolute atomic E-state index is 14.4. The SMILES string of the molecule is COc1ccc(CCn2cnc3cc(NC(=NC4C[C@@H]5C[C@H]([C@@H]4C)C5(C)C)N(C)CCCN(C)C)ccc3c2=O)c(F)c1. The van der Waals surface area contributed by atoms with Gasteiger partial charge >= 0.3 is 0 Å². The second-order valence-corrected chi connectivity index (χ2v) is 13.4. The molecule has 2 bridgehead atoms. The van der Waals surface area contributed by atoms with Crippen molar-refractivity contribution in [3.63, 3.8) is 0 Å². The molecule has 1 aromatic heterocycles. The van der Waals surface area contributed by atoms with Crippen LogP contribution in [0, 0.1) is 29.0 Å². The molecule has 0 saturated heterocycles. The number of guanidine groups is 1. The van der Waals surface area contributed by atoms with E-state index in [1.54, 1.807) is 23.0 Å². The standard InChI is InChI=1S/C34H47FN6O2/c1-22-28-17-24(34(28,2)3)18-30(22)38-33(40(6)15-8-14-39(4)5)37-25-10-12-27-31(19-25)36-21-41(32(27)42)16-13-23-9-11-26(43-7)20-29(23)35/h9-12,19-22,24,28,30H,8,13-18H2,1-7H3,(H,37,38)/t22-,24-,28+,30?/m0/s1. The summed E-state index contributed by atoms with van der Waals surface area (Å²) in [6.07, 6.45) is 5.41. The number of aryl methyl sites for hydroxylation is 2. The van der Waals surface area contributed by atoms with Gasteiger partial charge in [-0.1, -0.05) is 26.8 Å². The summed E-state index contributed by atoms with van der Waals surface area (Å²) < 4.78 is 21.1. The molecule has 0 amide bonds. The van der Waals surface area contributed by atoms with Crippen molar-refractivity contribution >= 4 is 22.5 Å². The molecule has 0 spiro atoms. The third-order valence-corrected chi connectivity index (χ3v) is 10.0.